The third-order valence-electron chi connectivity index (χ3n) is 4.34. The zero-order valence-electron chi connectivity index (χ0n) is 12.7. The zero-order chi connectivity index (χ0) is 13.7. The standard InChI is InChI=1S/C17H28N2/c1-4-11-17(12-6-13-18-17)14-19(5-2)16-9-7-15(3)8-10-16/h7-10,18H,4-6,11-14H2,1-3H3. The summed E-state index contributed by atoms with van der Waals surface area (Å²) in [5.74, 6) is 0. The van der Waals surface area contributed by atoms with Gasteiger partial charge < -0.3 is 10.2 Å². The van der Waals surface area contributed by atoms with Crippen molar-refractivity contribution in [1.29, 1.82) is 0 Å². The predicted molar refractivity (Wildman–Crippen MR) is 83.9 cm³/mol. The lowest BCUT2D eigenvalue weighted by Gasteiger charge is -2.36. The predicted octanol–water partition coefficient (Wildman–Crippen LogP) is 3.74. The molecule has 1 aliphatic rings. The molecule has 0 aliphatic carbocycles. The van der Waals surface area contributed by atoms with E-state index in [1.54, 1.807) is 0 Å². The zero-order valence-corrected chi connectivity index (χ0v) is 12.7. The average molecular weight is 260 g/mol. The Morgan fingerprint density at radius 3 is 2.47 bits per heavy atom. The first kappa shape index (κ1) is 14.4. The molecule has 0 spiro atoms. The van der Waals surface area contributed by atoms with Crippen LogP contribution < -0.4 is 10.2 Å². The number of anilines is 1. The summed E-state index contributed by atoms with van der Waals surface area (Å²) in [6.45, 7) is 10.1. The molecule has 0 aromatic heterocycles. The van der Waals surface area contributed by atoms with Crippen molar-refractivity contribution in [2.75, 3.05) is 24.5 Å². The van der Waals surface area contributed by atoms with Crippen LogP contribution in [0.15, 0.2) is 24.3 Å². The third-order valence-corrected chi connectivity index (χ3v) is 4.34. The summed E-state index contributed by atoms with van der Waals surface area (Å²) in [4.78, 5) is 2.52. The van der Waals surface area contributed by atoms with Crippen LogP contribution in [-0.4, -0.2) is 25.2 Å². The molecule has 106 valence electrons. The number of likely N-dealkylation sites (N-methyl/N-ethyl adjacent to an activating group) is 1. The van der Waals surface area contributed by atoms with Crippen LogP contribution in [0.4, 0.5) is 5.69 Å². The summed E-state index contributed by atoms with van der Waals surface area (Å²) in [5, 5.41) is 3.78. The van der Waals surface area contributed by atoms with E-state index in [9.17, 15) is 0 Å². The normalized spacial score (nSPS) is 22.7. The van der Waals surface area contributed by atoms with Gasteiger partial charge in [0.25, 0.3) is 0 Å². The second-order valence-electron chi connectivity index (χ2n) is 5.91. The summed E-state index contributed by atoms with van der Waals surface area (Å²) in [6.07, 6.45) is 5.20. The van der Waals surface area contributed by atoms with E-state index in [1.807, 2.05) is 0 Å². The van der Waals surface area contributed by atoms with Crippen LogP contribution in [0.3, 0.4) is 0 Å². The van der Waals surface area contributed by atoms with Crippen LogP contribution in [-0.2, 0) is 0 Å². The van der Waals surface area contributed by atoms with Gasteiger partial charge in [0.1, 0.15) is 0 Å². The molecule has 1 aliphatic heterocycles. The van der Waals surface area contributed by atoms with Gasteiger partial charge in [-0.1, -0.05) is 31.0 Å². The molecular formula is C17H28N2. The van der Waals surface area contributed by atoms with Crippen LogP contribution in [0.5, 0.6) is 0 Å². The third kappa shape index (κ3) is 3.50. The minimum absolute atomic E-state index is 0.343. The first-order chi connectivity index (χ1) is 9.19. The minimum Gasteiger partial charge on any atom is -0.370 e. The van der Waals surface area contributed by atoms with Gasteiger partial charge in [-0.3, -0.25) is 0 Å². The molecule has 1 atom stereocenters. The van der Waals surface area contributed by atoms with Gasteiger partial charge in [-0.25, -0.2) is 0 Å². The fraction of sp³-hybridized carbons (Fsp3) is 0.647. The number of aryl methyl sites for hydroxylation is 1. The second kappa shape index (κ2) is 6.42. The number of hydrogen-bond donors (Lipinski definition) is 1. The van der Waals surface area contributed by atoms with Gasteiger partial charge in [-0.15, -0.1) is 0 Å². The molecule has 19 heavy (non-hydrogen) atoms. The van der Waals surface area contributed by atoms with Gasteiger partial charge in [0.15, 0.2) is 0 Å². The molecule has 0 saturated carbocycles. The van der Waals surface area contributed by atoms with Gasteiger partial charge in [0.2, 0.25) is 0 Å². The highest BCUT2D eigenvalue weighted by atomic mass is 15.2. The van der Waals surface area contributed by atoms with Crippen molar-refractivity contribution in [3.63, 3.8) is 0 Å². The Bertz CT molecular complexity index is 377. The van der Waals surface area contributed by atoms with Gasteiger partial charge in [0.05, 0.1) is 0 Å². The van der Waals surface area contributed by atoms with Crippen molar-refractivity contribution in [3.05, 3.63) is 29.8 Å². The van der Waals surface area contributed by atoms with E-state index in [1.165, 1.54) is 43.5 Å². The van der Waals surface area contributed by atoms with Gasteiger partial charge >= 0.3 is 0 Å². The summed E-state index contributed by atoms with van der Waals surface area (Å²) in [6, 6.07) is 8.94. The van der Waals surface area contributed by atoms with Crippen LogP contribution in [0.2, 0.25) is 0 Å². The first-order valence-electron chi connectivity index (χ1n) is 7.76. The van der Waals surface area contributed by atoms with Crippen molar-refractivity contribution in [1.82, 2.24) is 5.32 Å². The van der Waals surface area contributed by atoms with Crippen LogP contribution >= 0.6 is 0 Å². The quantitative estimate of drug-likeness (QED) is 0.838. The van der Waals surface area contributed by atoms with E-state index in [-0.39, 0.29) is 0 Å². The summed E-state index contributed by atoms with van der Waals surface area (Å²) in [5.41, 5.74) is 3.04. The molecule has 2 nitrogen and oxygen atoms in total. The summed E-state index contributed by atoms with van der Waals surface area (Å²) < 4.78 is 0. The van der Waals surface area contributed by atoms with Crippen LogP contribution in [0.1, 0.15) is 45.1 Å². The van der Waals surface area contributed by atoms with E-state index >= 15 is 0 Å². The fourth-order valence-electron chi connectivity index (χ4n) is 3.28. The fourth-order valence-corrected chi connectivity index (χ4v) is 3.28. The molecule has 1 saturated heterocycles. The molecular weight excluding hydrogens is 232 g/mol. The Kier molecular flexibility index (Phi) is 4.87. The van der Waals surface area contributed by atoms with Crippen LogP contribution in [0.25, 0.3) is 0 Å². The van der Waals surface area contributed by atoms with Crippen molar-refractivity contribution < 1.29 is 0 Å². The van der Waals surface area contributed by atoms with Gasteiger partial charge in [-0.05, 0) is 51.8 Å². The molecule has 1 unspecified atom stereocenters. The van der Waals surface area contributed by atoms with Crippen molar-refractivity contribution in [2.24, 2.45) is 0 Å². The maximum Gasteiger partial charge on any atom is 0.0366 e. The summed E-state index contributed by atoms with van der Waals surface area (Å²) in [7, 11) is 0. The summed E-state index contributed by atoms with van der Waals surface area (Å²) >= 11 is 0. The molecule has 1 heterocycles. The first-order valence-corrected chi connectivity index (χ1v) is 7.76. The van der Waals surface area contributed by atoms with Crippen molar-refractivity contribution in [3.8, 4) is 0 Å². The Balaban J connectivity index is 2.11. The maximum atomic E-state index is 3.78. The average Bonchev–Trinajstić information content (AvgIpc) is 2.86. The SMILES string of the molecule is CCCC1(CN(CC)c2ccc(C)cc2)CCCN1. The molecule has 2 heteroatoms. The number of hydrogen-bond acceptors (Lipinski definition) is 2. The highest BCUT2D eigenvalue weighted by molar-refractivity contribution is 5.48. The Morgan fingerprint density at radius 1 is 1.21 bits per heavy atom. The Morgan fingerprint density at radius 2 is 1.95 bits per heavy atom. The van der Waals surface area contributed by atoms with E-state index < -0.39 is 0 Å². The maximum absolute atomic E-state index is 3.78. The molecule has 0 amide bonds. The van der Waals surface area contributed by atoms with E-state index in [0.717, 1.165) is 13.1 Å². The lowest BCUT2D eigenvalue weighted by atomic mass is 9.91. The van der Waals surface area contributed by atoms with Crippen molar-refractivity contribution in [2.45, 2.75) is 52.0 Å². The molecule has 1 aromatic rings. The minimum atomic E-state index is 0.343. The molecule has 0 bridgehead atoms. The Hall–Kier alpha value is -1.02. The van der Waals surface area contributed by atoms with Gasteiger partial charge in [-0.2, -0.15) is 0 Å². The highest BCUT2D eigenvalue weighted by Crippen LogP contribution is 2.28. The lowest BCUT2D eigenvalue weighted by molar-refractivity contribution is 0.345. The monoisotopic (exact) mass is 260 g/mol. The van der Waals surface area contributed by atoms with E-state index in [2.05, 4.69) is 55.3 Å². The number of nitrogens with zero attached hydrogens (tertiary/aromatic N) is 1. The van der Waals surface area contributed by atoms with Gasteiger partial charge in [0, 0.05) is 24.3 Å². The smallest absolute Gasteiger partial charge is 0.0366 e. The molecule has 1 fully saturated rings. The number of rotatable bonds is 6. The van der Waals surface area contributed by atoms with Crippen molar-refractivity contribution >= 4 is 5.69 Å². The van der Waals surface area contributed by atoms with E-state index in [0.29, 0.717) is 5.54 Å². The highest BCUT2D eigenvalue weighted by Gasteiger charge is 2.34. The number of benzene rings is 1. The molecule has 1 aromatic carbocycles. The number of nitrogens with one attached hydrogen (secondary N) is 1. The Labute approximate surface area is 118 Å². The van der Waals surface area contributed by atoms with Crippen LogP contribution in [0, 0.1) is 6.92 Å². The largest absolute Gasteiger partial charge is 0.370 e. The molecule has 2 rings (SSSR count). The molecule has 1 N–H and O–H groups in total. The topological polar surface area (TPSA) is 15.3 Å². The molecule has 0 radical (unpaired) electrons. The van der Waals surface area contributed by atoms with E-state index in [4.69, 9.17) is 0 Å². The second-order valence-corrected chi connectivity index (χ2v) is 5.91. The lowest BCUT2D eigenvalue weighted by Crippen LogP contribution is -2.50.